The maximum atomic E-state index is 12.1. The predicted octanol–water partition coefficient (Wildman–Crippen LogP) is 1.29. The van der Waals surface area contributed by atoms with Crippen LogP contribution in [0.1, 0.15) is 18.0 Å². The molecule has 5 nitrogen and oxygen atoms in total. The van der Waals surface area contributed by atoms with E-state index in [4.69, 9.17) is 5.73 Å². The molecule has 0 radical (unpaired) electrons. The molecule has 0 bridgehead atoms. The molecule has 0 fully saturated rings. The number of hydrogen-bond acceptors (Lipinski definition) is 3. The summed E-state index contributed by atoms with van der Waals surface area (Å²) in [6.45, 7) is -1.55. The van der Waals surface area contributed by atoms with Gasteiger partial charge in [0.1, 0.15) is 6.54 Å². The first-order valence-corrected chi connectivity index (χ1v) is 7.33. The number of benzene rings is 1. The van der Waals surface area contributed by atoms with Crippen LogP contribution in [0, 0.1) is 0 Å². The Balaban J connectivity index is 2.28. The number of hydrogen-bond donors (Lipinski definition) is 2. The van der Waals surface area contributed by atoms with Crippen LogP contribution < -0.4 is 14.8 Å². The van der Waals surface area contributed by atoms with Crippen molar-refractivity contribution < 1.29 is 21.6 Å². The van der Waals surface area contributed by atoms with Gasteiger partial charge >= 0.3 is 16.4 Å². The summed E-state index contributed by atoms with van der Waals surface area (Å²) in [5.41, 5.74) is 6.80. The van der Waals surface area contributed by atoms with E-state index in [-0.39, 0.29) is 12.6 Å². The summed E-state index contributed by atoms with van der Waals surface area (Å²) in [7, 11) is -4.25. The van der Waals surface area contributed by atoms with Gasteiger partial charge in [0.2, 0.25) is 0 Å². The Hall–Kier alpha value is -1.32. The van der Waals surface area contributed by atoms with E-state index in [1.165, 1.54) is 6.07 Å². The Kier molecular flexibility index (Phi) is 3.94. The van der Waals surface area contributed by atoms with Gasteiger partial charge in [0.05, 0.1) is 5.69 Å². The molecule has 1 aliphatic heterocycles. The maximum absolute atomic E-state index is 12.1. The molecule has 112 valence electrons. The molecule has 1 aromatic carbocycles. The van der Waals surface area contributed by atoms with Gasteiger partial charge in [-0.25, -0.2) is 0 Å². The SMILES string of the molecule is NC1CCN(S(=O)(=O)NCC(F)(F)F)c2ccccc21. The number of fused-ring (bicyclic) bond motifs is 1. The van der Waals surface area contributed by atoms with Crippen LogP contribution in [0.3, 0.4) is 0 Å². The van der Waals surface area contributed by atoms with Gasteiger partial charge in [0, 0.05) is 12.6 Å². The summed E-state index contributed by atoms with van der Waals surface area (Å²) < 4.78 is 62.9. The van der Waals surface area contributed by atoms with Crippen molar-refractivity contribution in [2.75, 3.05) is 17.4 Å². The molecule has 0 aliphatic carbocycles. The zero-order valence-electron chi connectivity index (χ0n) is 10.4. The molecule has 0 saturated heterocycles. The third kappa shape index (κ3) is 3.22. The Morgan fingerprint density at radius 1 is 1.35 bits per heavy atom. The predicted molar refractivity (Wildman–Crippen MR) is 68.3 cm³/mol. The van der Waals surface area contributed by atoms with Crippen LogP contribution in [-0.4, -0.2) is 27.7 Å². The average molecular weight is 309 g/mol. The van der Waals surface area contributed by atoms with Crippen LogP contribution in [0.2, 0.25) is 0 Å². The first-order chi connectivity index (χ1) is 9.21. The molecule has 1 atom stereocenters. The van der Waals surface area contributed by atoms with Crippen molar-refractivity contribution in [3.05, 3.63) is 29.8 Å². The number of nitrogens with zero attached hydrogens (tertiary/aromatic N) is 1. The molecule has 0 saturated carbocycles. The van der Waals surface area contributed by atoms with Gasteiger partial charge in [-0.15, -0.1) is 0 Å². The van der Waals surface area contributed by atoms with E-state index in [1.54, 1.807) is 22.9 Å². The van der Waals surface area contributed by atoms with E-state index in [0.717, 1.165) is 4.31 Å². The molecule has 20 heavy (non-hydrogen) atoms. The van der Waals surface area contributed by atoms with Crippen LogP contribution in [0.25, 0.3) is 0 Å². The Morgan fingerprint density at radius 2 is 2.00 bits per heavy atom. The fourth-order valence-corrected chi connectivity index (χ4v) is 3.33. The molecule has 1 unspecified atom stereocenters. The number of alkyl halides is 3. The van der Waals surface area contributed by atoms with Crippen molar-refractivity contribution in [3.63, 3.8) is 0 Å². The van der Waals surface area contributed by atoms with Gasteiger partial charge in [-0.1, -0.05) is 18.2 Å². The smallest absolute Gasteiger partial charge is 0.324 e. The zero-order valence-corrected chi connectivity index (χ0v) is 11.2. The number of anilines is 1. The van der Waals surface area contributed by atoms with Crippen LogP contribution in [0.5, 0.6) is 0 Å². The molecule has 9 heteroatoms. The van der Waals surface area contributed by atoms with E-state index >= 15 is 0 Å². The van der Waals surface area contributed by atoms with Crippen molar-refractivity contribution in [1.29, 1.82) is 0 Å². The van der Waals surface area contributed by atoms with E-state index in [2.05, 4.69) is 0 Å². The highest BCUT2D eigenvalue weighted by Gasteiger charge is 2.34. The van der Waals surface area contributed by atoms with Crippen molar-refractivity contribution in [1.82, 2.24) is 4.72 Å². The summed E-state index contributed by atoms with van der Waals surface area (Å²) in [5, 5.41) is 0. The summed E-state index contributed by atoms with van der Waals surface area (Å²) in [6, 6.07) is 6.20. The van der Waals surface area contributed by atoms with Gasteiger partial charge in [0.25, 0.3) is 0 Å². The summed E-state index contributed by atoms with van der Waals surface area (Å²) in [4.78, 5) is 0. The average Bonchev–Trinajstić information content (AvgIpc) is 2.36. The standard InChI is InChI=1S/C11H14F3N3O2S/c12-11(13,14)7-16-20(18,19)17-6-5-9(15)8-3-1-2-4-10(8)17/h1-4,9,16H,5-7,15H2. The second-order valence-corrected chi connectivity index (χ2v) is 6.15. The monoisotopic (exact) mass is 309 g/mol. The lowest BCUT2D eigenvalue weighted by molar-refractivity contribution is -0.121. The number of nitrogens with one attached hydrogen (secondary N) is 1. The molecule has 1 heterocycles. The highest BCUT2D eigenvalue weighted by Crippen LogP contribution is 2.33. The van der Waals surface area contributed by atoms with E-state index in [0.29, 0.717) is 17.7 Å². The first-order valence-electron chi connectivity index (χ1n) is 5.89. The second kappa shape index (κ2) is 5.23. The van der Waals surface area contributed by atoms with Crippen LogP contribution in [0.4, 0.5) is 18.9 Å². The van der Waals surface area contributed by atoms with Crippen molar-refractivity contribution in [2.45, 2.75) is 18.6 Å². The highest BCUT2D eigenvalue weighted by atomic mass is 32.2. The molecular formula is C11H14F3N3O2S. The van der Waals surface area contributed by atoms with Crippen LogP contribution >= 0.6 is 0 Å². The third-order valence-electron chi connectivity index (χ3n) is 2.99. The second-order valence-electron chi connectivity index (χ2n) is 4.47. The molecule has 2 rings (SSSR count). The minimum Gasteiger partial charge on any atom is -0.324 e. The Bertz CT molecular complexity index is 589. The quantitative estimate of drug-likeness (QED) is 0.883. The maximum Gasteiger partial charge on any atom is 0.402 e. The fourth-order valence-electron chi connectivity index (χ4n) is 2.06. The molecular weight excluding hydrogens is 295 g/mol. The Labute approximate surface area is 114 Å². The highest BCUT2D eigenvalue weighted by molar-refractivity contribution is 7.90. The van der Waals surface area contributed by atoms with Crippen molar-refractivity contribution >= 4 is 15.9 Å². The zero-order chi connectivity index (χ0) is 15.0. The lowest BCUT2D eigenvalue weighted by atomic mass is 9.99. The van der Waals surface area contributed by atoms with Gasteiger partial charge < -0.3 is 5.73 Å². The van der Waals surface area contributed by atoms with Gasteiger partial charge in [-0.05, 0) is 18.1 Å². The van der Waals surface area contributed by atoms with E-state index in [9.17, 15) is 21.6 Å². The molecule has 0 spiro atoms. The van der Waals surface area contributed by atoms with Gasteiger partial charge in [-0.2, -0.15) is 26.3 Å². The van der Waals surface area contributed by atoms with Gasteiger partial charge in [0.15, 0.2) is 0 Å². The van der Waals surface area contributed by atoms with E-state index < -0.39 is 22.9 Å². The lowest BCUT2D eigenvalue weighted by Gasteiger charge is -2.33. The summed E-state index contributed by atoms with van der Waals surface area (Å²) >= 11 is 0. The molecule has 3 N–H and O–H groups in total. The molecule has 0 amide bonds. The fraction of sp³-hybridized carbons (Fsp3) is 0.455. The van der Waals surface area contributed by atoms with Crippen molar-refractivity contribution in [3.8, 4) is 0 Å². The Morgan fingerprint density at radius 3 is 2.65 bits per heavy atom. The third-order valence-corrected chi connectivity index (χ3v) is 4.46. The van der Waals surface area contributed by atoms with Gasteiger partial charge in [-0.3, -0.25) is 4.31 Å². The van der Waals surface area contributed by atoms with Crippen molar-refractivity contribution in [2.24, 2.45) is 5.73 Å². The topological polar surface area (TPSA) is 75.4 Å². The number of rotatable bonds is 3. The molecule has 1 aromatic rings. The van der Waals surface area contributed by atoms with E-state index in [1.807, 2.05) is 0 Å². The first kappa shape index (κ1) is 15.1. The number of halogens is 3. The molecule has 0 aromatic heterocycles. The minimum absolute atomic E-state index is 0.0470. The molecule has 1 aliphatic rings. The lowest BCUT2D eigenvalue weighted by Crippen LogP contribution is -2.47. The van der Waals surface area contributed by atoms with Crippen LogP contribution in [-0.2, 0) is 10.2 Å². The van der Waals surface area contributed by atoms with Crippen LogP contribution in [0.15, 0.2) is 24.3 Å². The summed E-state index contributed by atoms with van der Waals surface area (Å²) in [5.74, 6) is 0. The number of para-hydroxylation sites is 1. The summed E-state index contributed by atoms with van der Waals surface area (Å²) in [6.07, 6.45) is -4.25. The normalized spacial score (nSPS) is 19.8. The largest absolute Gasteiger partial charge is 0.402 e. The minimum atomic E-state index is -4.60. The number of nitrogens with two attached hydrogens (primary N) is 1.